The van der Waals surface area contributed by atoms with Crippen molar-refractivity contribution in [2.75, 3.05) is 6.26 Å². The van der Waals surface area contributed by atoms with Crippen LogP contribution in [0.1, 0.15) is 12.0 Å². The number of hydrogen-bond donors (Lipinski definition) is 0. The van der Waals surface area contributed by atoms with Gasteiger partial charge in [0.2, 0.25) is 5.91 Å². The van der Waals surface area contributed by atoms with Crippen LogP contribution < -0.4 is 0 Å². The first kappa shape index (κ1) is 13.6. The summed E-state index contributed by atoms with van der Waals surface area (Å²) in [5.41, 5.74) is -0.654. The van der Waals surface area contributed by atoms with Gasteiger partial charge in [-0.05, 0) is 36.2 Å². The third kappa shape index (κ3) is 2.77. The van der Waals surface area contributed by atoms with Crippen molar-refractivity contribution in [3.63, 3.8) is 0 Å². The van der Waals surface area contributed by atoms with E-state index < -0.39 is 11.7 Å². The van der Waals surface area contributed by atoms with Gasteiger partial charge >= 0.3 is 6.18 Å². The van der Waals surface area contributed by atoms with E-state index in [1.807, 2.05) is 0 Å². The van der Waals surface area contributed by atoms with E-state index in [0.29, 0.717) is 6.42 Å². The van der Waals surface area contributed by atoms with Crippen molar-refractivity contribution in [2.45, 2.75) is 22.9 Å². The first-order valence-corrected chi connectivity index (χ1v) is 7.18. The SMILES string of the molecule is CSN1C(=O)CC1Sc1ccc(C(F)(F)F)cc1. The van der Waals surface area contributed by atoms with Crippen LogP contribution in [0, 0.1) is 0 Å². The molecular weight excluding hydrogens is 283 g/mol. The average molecular weight is 293 g/mol. The number of nitrogens with zero attached hydrogens (tertiary/aromatic N) is 1. The smallest absolute Gasteiger partial charge is 0.274 e. The van der Waals surface area contributed by atoms with Gasteiger partial charge in [-0.2, -0.15) is 13.2 Å². The molecule has 1 fully saturated rings. The Morgan fingerprint density at radius 1 is 1.28 bits per heavy atom. The van der Waals surface area contributed by atoms with E-state index in [9.17, 15) is 18.0 Å². The summed E-state index contributed by atoms with van der Waals surface area (Å²) in [6, 6.07) is 5.00. The molecule has 0 saturated carbocycles. The van der Waals surface area contributed by atoms with Crippen LogP contribution in [0.5, 0.6) is 0 Å². The molecule has 0 radical (unpaired) electrons. The molecule has 1 heterocycles. The van der Waals surface area contributed by atoms with Gasteiger partial charge in [-0.25, -0.2) is 0 Å². The number of thioether (sulfide) groups is 1. The number of β-lactam (4-membered cyclic amide) rings is 1. The van der Waals surface area contributed by atoms with E-state index in [1.165, 1.54) is 35.8 Å². The van der Waals surface area contributed by atoms with Crippen molar-refractivity contribution in [3.05, 3.63) is 29.8 Å². The highest BCUT2D eigenvalue weighted by molar-refractivity contribution is 8.02. The minimum atomic E-state index is -4.30. The van der Waals surface area contributed by atoms with Crippen LogP contribution in [0.3, 0.4) is 0 Å². The lowest BCUT2D eigenvalue weighted by Gasteiger charge is -2.37. The molecule has 1 aliphatic heterocycles. The summed E-state index contributed by atoms with van der Waals surface area (Å²) in [7, 11) is 0. The van der Waals surface area contributed by atoms with Crippen molar-refractivity contribution >= 4 is 29.6 Å². The number of alkyl halides is 3. The molecule has 2 nitrogen and oxygen atoms in total. The van der Waals surface area contributed by atoms with Gasteiger partial charge in [-0.1, -0.05) is 11.8 Å². The monoisotopic (exact) mass is 293 g/mol. The summed E-state index contributed by atoms with van der Waals surface area (Å²) in [6.07, 6.45) is -2.06. The van der Waals surface area contributed by atoms with E-state index in [-0.39, 0.29) is 11.3 Å². The lowest BCUT2D eigenvalue weighted by molar-refractivity contribution is -0.137. The molecule has 98 valence electrons. The second-order valence-electron chi connectivity index (χ2n) is 3.70. The van der Waals surface area contributed by atoms with Gasteiger partial charge in [-0.15, -0.1) is 0 Å². The largest absolute Gasteiger partial charge is 0.416 e. The van der Waals surface area contributed by atoms with Gasteiger partial charge < -0.3 is 0 Å². The number of amides is 1. The van der Waals surface area contributed by atoms with Crippen LogP contribution in [0.2, 0.25) is 0 Å². The van der Waals surface area contributed by atoms with Crippen molar-refractivity contribution in [1.29, 1.82) is 0 Å². The van der Waals surface area contributed by atoms with Crippen LogP contribution in [-0.4, -0.2) is 21.8 Å². The Morgan fingerprint density at radius 2 is 1.89 bits per heavy atom. The molecule has 1 aromatic rings. The highest BCUT2D eigenvalue weighted by Gasteiger charge is 2.36. The molecule has 0 aliphatic carbocycles. The predicted octanol–water partition coefficient (Wildman–Crippen LogP) is 3.63. The summed E-state index contributed by atoms with van der Waals surface area (Å²) in [5, 5.41) is 0.0178. The van der Waals surface area contributed by atoms with E-state index in [2.05, 4.69) is 0 Å². The second kappa shape index (κ2) is 5.05. The Labute approximate surface area is 111 Å². The topological polar surface area (TPSA) is 20.3 Å². The van der Waals surface area contributed by atoms with Crippen molar-refractivity contribution in [1.82, 2.24) is 4.31 Å². The van der Waals surface area contributed by atoms with Gasteiger partial charge in [0.1, 0.15) is 5.37 Å². The molecule has 1 atom stereocenters. The lowest BCUT2D eigenvalue weighted by atomic mass is 10.2. The molecule has 1 amide bonds. The van der Waals surface area contributed by atoms with Gasteiger partial charge in [0.05, 0.1) is 12.0 Å². The molecule has 2 rings (SSSR count). The number of benzene rings is 1. The summed E-state index contributed by atoms with van der Waals surface area (Å²) >= 11 is 2.74. The highest BCUT2D eigenvalue weighted by Crippen LogP contribution is 2.39. The number of halogens is 3. The summed E-state index contributed by atoms with van der Waals surface area (Å²) in [5.74, 6) is 0.0620. The number of carbonyl (C=O) groups is 1. The minimum Gasteiger partial charge on any atom is -0.274 e. The summed E-state index contributed by atoms with van der Waals surface area (Å²) in [4.78, 5) is 11.9. The van der Waals surface area contributed by atoms with Crippen molar-refractivity contribution in [2.24, 2.45) is 0 Å². The molecule has 18 heavy (non-hydrogen) atoms. The quantitative estimate of drug-likeness (QED) is 0.627. The van der Waals surface area contributed by atoms with Crippen LogP contribution in [0.4, 0.5) is 13.2 Å². The van der Waals surface area contributed by atoms with Crippen molar-refractivity contribution < 1.29 is 18.0 Å². The standard InChI is InChI=1S/C11H10F3NOS2/c1-17-15-9(16)6-10(15)18-8-4-2-7(3-5-8)11(12,13)14/h2-5,10H,6H2,1H3. The van der Waals surface area contributed by atoms with Crippen LogP contribution >= 0.6 is 23.7 Å². The Kier molecular flexibility index (Phi) is 3.82. The fourth-order valence-corrected chi connectivity index (χ4v) is 3.58. The maximum atomic E-state index is 12.4. The van der Waals surface area contributed by atoms with Gasteiger partial charge in [0.25, 0.3) is 0 Å². The van der Waals surface area contributed by atoms with Crippen LogP contribution in [0.25, 0.3) is 0 Å². The average Bonchev–Trinajstić information content (AvgIpc) is 2.28. The molecule has 7 heteroatoms. The summed E-state index contributed by atoms with van der Waals surface area (Å²) in [6.45, 7) is 0. The minimum absolute atomic E-state index is 0.0178. The fourth-order valence-electron chi connectivity index (χ4n) is 1.56. The normalized spacial score (nSPS) is 19.9. The van der Waals surface area contributed by atoms with Gasteiger partial charge in [0.15, 0.2) is 0 Å². The Bertz CT molecular complexity index is 447. The zero-order valence-electron chi connectivity index (χ0n) is 9.40. The second-order valence-corrected chi connectivity index (χ2v) is 5.71. The molecule has 1 saturated heterocycles. The molecule has 1 aliphatic rings. The molecule has 1 unspecified atom stereocenters. The third-order valence-electron chi connectivity index (χ3n) is 2.51. The molecule has 0 spiro atoms. The Balaban J connectivity index is 2.01. The zero-order chi connectivity index (χ0) is 13.3. The fraction of sp³-hybridized carbons (Fsp3) is 0.364. The highest BCUT2D eigenvalue weighted by atomic mass is 32.2. The van der Waals surface area contributed by atoms with E-state index in [4.69, 9.17) is 0 Å². The summed E-state index contributed by atoms with van der Waals surface area (Å²) < 4.78 is 38.7. The van der Waals surface area contributed by atoms with Crippen LogP contribution in [-0.2, 0) is 11.0 Å². The Hall–Kier alpha value is -0.820. The molecule has 1 aromatic carbocycles. The van der Waals surface area contributed by atoms with E-state index >= 15 is 0 Å². The Morgan fingerprint density at radius 3 is 2.33 bits per heavy atom. The maximum absolute atomic E-state index is 12.4. The van der Waals surface area contributed by atoms with Crippen molar-refractivity contribution in [3.8, 4) is 0 Å². The molecule has 0 aromatic heterocycles. The first-order chi connectivity index (χ1) is 8.41. The van der Waals surface area contributed by atoms with Crippen LogP contribution in [0.15, 0.2) is 29.2 Å². The number of rotatable bonds is 3. The van der Waals surface area contributed by atoms with E-state index in [0.717, 1.165) is 17.0 Å². The first-order valence-electron chi connectivity index (χ1n) is 5.12. The van der Waals surface area contributed by atoms with E-state index in [1.54, 1.807) is 10.6 Å². The van der Waals surface area contributed by atoms with Gasteiger partial charge in [0, 0.05) is 11.2 Å². The maximum Gasteiger partial charge on any atom is 0.416 e. The number of carbonyl (C=O) groups excluding carboxylic acids is 1. The zero-order valence-corrected chi connectivity index (χ0v) is 11.0. The third-order valence-corrected chi connectivity index (χ3v) is 4.69. The lowest BCUT2D eigenvalue weighted by Crippen LogP contribution is -2.45. The number of hydrogen-bond acceptors (Lipinski definition) is 3. The molecule has 0 N–H and O–H groups in total. The molecule has 0 bridgehead atoms. The predicted molar refractivity (Wildman–Crippen MR) is 66.1 cm³/mol. The van der Waals surface area contributed by atoms with Gasteiger partial charge in [-0.3, -0.25) is 9.10 Å². The molecular formula is C11H10F3NOS2.